The molecule has 8 nitrogen and oxygen atoms in total. The van der Waals surface area contributed by atoms with Gasteiger partial charge in [-0.05, 0) is 47.2 Å². The van der Waals surface area contributed by atoms with Gasteiger partial charge < -0.3 is 14.7 Å². The molecule has 30 heavy (non-hydrogen) atoms. The van der Waals surface area contributed by atoms with E-state index < -0.39 is 0 Å². The van der Waals surface area contributed by atoms with Crippen molar-refractivity contribution in [2.45, 2.75) is 19.5 Å². The molecule has 1 aromatic heterocycles. The Kier molecular flexibility index (Phi) is 6.25. The zero-order valence-electron chi connectivity index (χ0n) is 17.5. The van der Waals surface area contributed by atoms with Crippen molar-refractivity contribution in [3.05, 3.63) is 65.5 Å². The molecule has 0 radical (unpaired) electrons. The largest absolute Gasteiger partial charge is 0.508 e. The molecule has 2 aromatic carbocycles. The number of methoxy groups -OCH3 is 1. The maximum Gasteiger partial charge on any atom is 0.173 e. The van der Waals surface area contributed by atoms with Crippen molar-refractivity contribution >= 4 is 5.69 Å². The summed E-state index contributed by atoms with van der Waals surface area (Å²) in [5, 5.41) is 22.1. The van der Waals surface area contributed by atoms with Crippen LogP contribution in [0.15, 0.2) is 48.5 Å². The molecule has 158 valence electrons. The number of phenolic OH excluding ortho intramolecular Hbond substituents is 1. The molecular formula is C22H28N6O2. The Hall–Kier alpha value is -2.97. The molecule has 4 rings (SSSR count). The smallest absolute Gasteiger partial charge is 0.173 e. The second-order valence-electron chi connectivity index (χ2n) is 7.61. The molecule has 0 saturated carbocycles. The first-order chi connectivity index (χ1) is 14.7. The van der Waals surface area contributed by atoms with Gasteiger partial charge >= 0.3 is 0 Å². The van der Waals surface area contributed by atoms with Crippen LogP contribution in [0.2, 0.25) is 0 Å². The minimum atomic E-state index is -0.0144. The number of phenols is 1. The summed E-state index contributed by atoms with van der Waals surface area (Å²) >= 11 is 0. The second kappa shape index (κ2) is 9.23. The van der Waals surface area contributed by atoms with E-state index in [0.29, 0.717) is 18.9 Å². The van der Waals surface area contributed by atoms with Gasteiger partial charge in [0.2, 0.25) is 0 Å². The Morgan fingerprint density at radius 1 is 1.00 bits per heavy atom. The Balaban J connectivity index is 1.57. The maximum absolute atomic E-state index is 9.55. The topological polar surface area (TPSA) is 79.5 Å². The SMILES string of the molecule is COCCn1nnnc1[C@H](c1ccc(C)cc1)N1CCN(c2ccc(O)cc2)CC1. The number of ether oxygens (including phenoxy) is 1. The fourth-order valence-electron chi connectivity index (χ4n) is 3.92. The molecule has 1 aliphatic heterocycles. The average Bonchev–Trinajstić information content (AvgIpc) is 3.23. The van der Waals surface area contributed by atoms with Crippen LogP contribution in [-0.4, -0.2) is 70.1 Å². The Morgan fingerprint density at radius 3 is 2.37 bits per heavy atom. The molecule has 0 unspecified atom stereocenters. The first kappa shape index (κ1) is 20.3. The van der Waals surface area contributed by atoms with E-state index in [1.165, 1.54) is 11.1 Å². The lowest BCUT2D eigenvalue weighted by atomic mass is 10.0. The summed E-state index contributed by atoms with van der Waals surface area (Å²) in [7, 11) is 1.68. The van der Waals surface area contributed by atoms with Crippen molar-refractivity contribution in [1.82, 2.24) is 25.1 Å². The van der Waals surface area contributed by atoms with Gasteiger partial charge in [0.1, 0.15) is 5.75 Å². The van der Waals surface area contributed by atoms with Crippen LogP contribution < -0.4 is 4.90 Å². The summed E-state index contributed by atoms with van der Waals surface area (Å²) in [5.74, 6) is 1.13. The number of aromatic hydroxyl groups is 1. The number of rotatable bonds is 7. The molecule has 1 saturated heterocycles. The fraction of sp³-hybridized carbons (Fsp3) is 0.409. The number of nitrogens with zero attached hydrogens (tertiary/aromatic N) is 6. The van der Waals surface area contributed by atoms with Crippen molar-refractivity contribution in [1.29, 1.82) is 0 Å². The molecule has 2 heterocycles. The monoisotopic (exact) mass is 408 g/mol. The van der Waals surface area contributed by atoms with Crippen LogP contribution in [0, 0.1) is 6.92 Å². The molecule has 0 aliphatic carbocycles. The number of hydrogen-bond donors (Lipinski definition) is 1. The van der Waals surface area contributed by atoms with Crippen molar-refractivity contribution in [2.75, 3.05) is 44.8 Å². The van der Waals surface area contributed by atoms with Gasteiger partial charge in [-0.1, -0.05) is 29.8 Å². The summed E-state index contributed by atoms with van der Waals surface area (Å²) < 4.78 is 7.08. The first-order valence-electron chi connectivity index (χ1n) is 10.3. The van der Waals surface area contributed by atoms with E-state index in [2.05, 4.69) is 56.5 Å². The highest BCUT2D eigenvalue weighted by Crippen LogP contribution is 2.29. The Bertz CT molecular complexity index is 933. The predicted octanol–water partition coefficient (Wildman–Crippen LogP) is 2.25. The predicted molar refractivity (Wildman–Crippen MR) is 115 cm³/mol. The van der Waals surface area contributed by atoms with E-state index in [-0.39, 0.29) is 6.04 Å². The van der Waals surface area contributed by atoms with E-state index in [4.69, 9.17) is 4.74 Å². The molecule has 1 fully saturated rings. The van der Waals surface area contributed by atoms with Crippen molar-refractivity contribution in [3.8, 4) is 5.75 Å². The molecular weight excluding hydrogens is 380 g/mol. The summed E-state index contributed by atoms with van der Waals surface area (Å²) in [6.07, 6.45) is 0. The van der Waals surface area contributed by atoms with Crippen LogP contribution in [0.1, 0.15) is 23.0 Å². The second-order valence-corrected chi connectivity index (χ2v) is 7.61. The van der Waals surface area contributed by atoms with Crippen LogP contribution in [0.5, 0.6) is 5.75 Å². The third kappa shape index (κ3) is 4.44. The number of piperazine rings is 1. The highest BCUT2D eigenvalue weighted by Gasteiger charge is 2.30. The van der Waals surface area contributed by atoms with Gasteiger partial charge in [-0.25, -0.2) is 4.68 Å². The van der Waals surface area contributed by atoms with Crippen molar-refractivity contribution < 1.29 is 9.84 Å². The van der Waals surface area contributed by atoms with Gasteiger partial charge in [0.15, 0.2) is 5.82 Å². The van der Waals surface area contributed by atoms with E-state index in [1.807, 2.05) is 16.8 Å². The van der Waals surface area contributed by atoms with Gasteiger partial charge in [-0.3, -0.25) is 4.90 Å². The standard InChI is InChI=1S/C22H28N6O2/c1-17-3-5-18(6-4-17)21(22-23-24-25-28(22)15-16-30-2)27-13-11-26(12-14-27)19-7-9-20(29)10-8-19/h3-10,21,29H,11-16H2,1-2H3/t21-/m0/s1. The van der Waals surface area contributed by atoms with E-state index >= 15 is 0 Å². The quantitative estimate of drug-likeness (QED) is 0.642. The van der Waals surface area contributed by atoms with Crippen molar-refractivity contribution in [2.24, 2.45) is 0 Å². The van der Waals surface area contributed by atoms with Crippen LogP contribution in [0.25, 0.3) is 0 Å². The summed E-state index contributed by atoms with van der Waals surface area (Å²) in [6, 6.07) is 16.0. The Morgan fingerprint density at radius 2 is 1.70 bits per heavy atom. The molecule has 0 spiro atoms. The van der Waals surface area contributed by atoms with Gasteiger partial charge in [0.25, 0.3) is 0 Å². The maximum atomic E-state index is 9.55. The molecule has 0 amide bonds. The van der Waals surface area contributed by atoms with Gasteiger partial charge in [-0.15, -0.1) is 5.10 Å². The van der Waals surface area contributed by atoms with Crippen LogP contribution in [0.4, 0.5) is 5.69 Å². The average molecular weight is 409 g/mol. The highest BCUT2D eigenvalue weighted by atomic mass is 16.5. The number of tetrazole rings is 1. The molecule has 1 N–H and O–H groups in total. The molecule has 8 heteroatoms. The minimum absolute atomic E-state index is 0.0144. The zero-order valence-corrected chi connectivity index (χ0v) is 17.5. The summed E-state index contributed by atoms with van der Waals surface area (Å²) in [4.78, 5) is 4.78. The highest BCUT2D eigenvalue weighted by molar-refractivity contribution is 5.49. The number of hydrogen-bond acceptors (Lipinski definition) is 7. The van der Waals surface area contributed by atoms with E-state index in [0.717, 1.165) is 37.7 Å². The lowest BCUT2D eigenvalue weighted by Gasteiger charge is -2.40. The van der Waals surface area contributed by atoms with E-state index in [1.54, 1.807) is 19.2 Å². The third-order valence-corrected chi connectivity index (χ3v) is 5.60. The van der Waals surface area contributed by atoms with Gasteiger partial charge in [0, 0.05) is 39.0 Å². The number of aromatic nitrogens is 4. The lowest BCUT2D eigenvalue weighted by Crippen LogP contribution is -2.48. The molecule has 3 aromatic rings. The molecule has 0 bridgehead atoms. The van der Waals surface area contributed by atoms with Gasteiger partial charge in [0.05, 0.1) is 19.2 Å². The molecule has 1 atom stereocenters. The Labute approximate surface area is 176 Å². The van der Waals surface area contributed by atoms with Crippen LogP contribution in [0.3, 0.4) is 0 Å². The van der Waals surface area contributed by atoms with E-state index in [9.17, 15) is 5.11 Å². The normalized spacial score (nSPS) is 16.0. The lowest BCUT2D eigenvalue weighted by molar-refractivity contribution is 0.172. The third-order valence-electron chi connectivity index (χ3n) is 5.60. The van der Waals surface area contributed by atoms with Crippen molar-refractivity contribution in [3.63, 3.8) is 0 Å². The fourth-order valence-corrected chi connectivity index (χ4v) is 3.92. The van der Waals surface area contributed by atoms with Gasteiger partial charge in [-0.2, -0.15) is 0 Å². The first-order valence-corrected chi connectivity index (χ1v) is 10.3. The number of anilines is 1. The summed E-state index contributed by atoms with van der Waals surface area (Å²) in [5.41, 5.74) is 3.55. The minimum Gasteiger partial charge on any atom is -0.508 e. The zero-order chi connectivity index (χ0) is 20.9. The van der Waals surface area contributed by atoms with Crippen LogP contribution in [-0.2, 0) is 11.3 Å². The number of aryl methyl sites for hydroxylation is 1. The number of benzene rings is 2. The summed E-state index contributed by atoms with van der Waals surface area (Å²) in [6.45, 7) is 6.84. The molecule has 1 aliphatic rings. The van der Waals surface area contributed by atoms with Crippen LogP contribution >= 0.6 is 0 Å².